The van der Waals surface area contributed by atoms with E-state index in [0.717, 1.165) is 26.5 Å². The average Bonchev–Trinajstić information content (AvgIpc) is 2.82. The number of amides is 1. The number of fused-ring (bicyclic) bond motifs is 1. The molecule has 0 aliphatic heterocycles. The van der Waals surface area contributed by atoms with E-state index in [0.29, 0.717) is 0 Å². The number of thiazole rings is 1. The van der Waals surface area contributed by atoms with Crippen molar-refractivity contribution in [1.82, 2.24) is 4.98 Å². The molecule has 4 heteroatoms. The van der Waals surface area contributed by atoms with Gasteiger partial charge in [-0.25, -0.2) is 4.98 Å². The monoisotopic (exact) mass is 268 g/mol. The Kier molecular flexibility index (Phi) is 3.01. The summed E-state index contributed by atoms with van der Waals surface area (Å²) in [5, 5.41) is 3.77. The van der Waals surface area contributed by atoms with E-state index in [1.165, 1.54) is 6.92 Å². The zero-order valence-corrected chi connectivity index (χ0v) is 11.2. The predicted octanol–water partition coefficient (Wildman–Crippen LogP) is 3.92. The van der Waals surface area contributed by atoms with E-state index in [-0.39, 0.29) is 5.91 Å². The third-order valence-corrected chi connectivity index (χ3v) is 3.83. The van der Waals surface area contributed by atoms with Gasteiger partial charge < -0.3 is 5.32 Å². The van der Waals surface area contributed by atoms with Crippen molar-refractivity contribution in [3.8, 4) is 10.6 Å². The standard InChI is InChI=1S/C15H12N2OS/c1-10(18)16-12-7-3-2-6-11(12)15-17-13-8-4-5-9-14(13)19-15/h2-9H,1H3,(H,16,18). The van der Waals surface area contributed by atoms with Crippen LogP contribution >= 0.6 is 11.3 Å². The van der Waals surface area contributed by atoms with Gasteiger partial charge in [-0.05, 0) is 24.3 Å². The van der Waals surface area contributed by atoms with Crippen LogP contribution in [0.15, 0.2) is 48.5 Å². The van der Waals surface area contributed by atoms with Crippen molar-refractivity contribution < 1.29 is 4.79 Å². The second kappa shape index (κ2) is 4.82. The Hall–Kier alpha value is -2.20. The van der Waals surface area contributed by atoms with Gasteiger partial charge in [0, 0.05) is 12.5 Å². The molecule has 0 saturated carbocycles. The second-order valence-electron chi connectivity index (χ2n) is 4.21. The van der Waals surface area contributed by atoms with Crippen LogP contribution in [0.4, 0.5) is 5.69 Å². The molecule has 1 N–H and O–H groups in total. The maximum Gasteiger partial charge on any atom is 0.221 e. The predicted molar refractivity (Wildman–Crippen MR) is 79.4 cm³/mol. The highest BCUT2D eigenvalue weighted by Crippen LogP contribution is 2.34. The Labute approximate surface area is 114 Å². The molecule has 0 radical (unpaired) electrons. The summed E-state index contributed by atoms with van der Waals surface area (Å²) in [6.07, 6.45) is 0. The van der Waals surface area contributed by atoms with Crippen molar-refractivity contribution in [2.45, 2.75) is 6.92 Å². The zero-order chi connectivity index (χ0) is 13.2. The molecule has 0 aliphatic rings. The van der Waals surface area contributed by atoms with E-state index in [4.69, 9.17) is 0 Å². The van der Waals surface area contributed by atoms with Crippen LogP contribution in [0.1, 0.15) is 6.92 Å². The van der Waals surface area contributed by atoms with Crippen LogP contribution in [0.5, 0.6) is 0 Å². The van der Waals surface area contributed by atoms with Gasteiger partial charge in [-0.2, -0.15) is 0 Å². The number of benzene rings is 2. The van der Waals surface area contributed by atoms with Gasteiger partial charge in [-0.3, -0.25) is 4.79 Å². The van der Waals surface area contributed by atoms with Crippen LogP contribution in [0.2, 0.25) is 0 Å². The number of nitrogens with one attached hydrogen (secondary N) is 1. The molecular formula is C15H12N2OS. The number of para-hydroxylation sites is 2. The number of hydrogen-bond donors (Lipinski definition) is 1. The van der Waals surface area contributed by atoms with Gasteiger partial charge in [-0.15, -0.1) is 11.3 Å². The minimum atomic E-state index is -0.0754. The molecule has 1 heterocycles. The van der Waals surface area contributed by atoms with Crippen molar-refractivity contribution in [3.05, 3.63) is 48.5 Å². The summed E-state index contributed by atoms with van der Waals surface area (Å²) in [5.41, 5.74) is 2.74. The number of aromatic nitrogens is 1. The molecule has 94 valence electrons. The third-order valence-electron chi connectivity index (χ3n) is 2.76. The number of hydrogen-bond acceptors (Lipinski definition) is 3. The zero-order valence-electron chi connectivity index (χ0n) is 10.4. The first kappa shape index (κ1) is 11.9. The lowest BCUT2D eigenvalue weighted by Gasteiger charge is -2.06. The molecule has 0 fully saturated rings. The van der Waals surface area contributed by atoms with Crippen molar-refractivity contribution >= 4 is 33.1 Å². The van der Waals surface area contributed by atoms with Gasteiger partial charge in [-0.1, -0.05) is 24.3 Å². The number of carbonyl (C=O) groups excluding carboxylic acids is 1. The molecule has 3 nitrogen and oxygen atoms in total. The van der Waals surface area contributed by atoms with Gasteiger partial charge >= 0.3 is 0 Å². The van der Waals surface area contributed by atoms with Crippen LogP contribution < -0.4 is 5.32 Å². The minimum absolute atomic E-state index is 0.0754. The molecule has 1 aromatic heterocycles. The highest BCUT2D eigenvalue weighted by atomic mass is 32.1. The lowest BCUT2D eigenvalue weighted by Crippen LogP contribution is -2.06. The molecule has 0 aliphatic carbocycles. The summed E-state index contributed by atoms with van der Waals surface area (Å²) in [5.74, 6) is -0.0754. The second-order valence-corrected chi connectivity index (χ2v) is 5.24. The Balaban J connectivity index is 2.13. The van der Waals surface area contributed by atoms with E-state index in [2.05, 4.69) is 16.4 Å². The lowest BCUT2D eigenvalue weighted by atomic mass is 10.2. The SMILES string of the molecule is CC(=O)Nc1ccccc1-c1nc2ccccc2s1. The van der Waals surface area contributed by atoms with Crippen molar-refractivity contribution in [2.24, 2.45) is 0 Å². The van der Waals surface area contributed by atoms with Gasteiger partial charge in [0.25, 0.3) is 0 Å². The average molecular weight is 268 g/mol. The quantitative estimate of drug-likeness (QED) is 0.765. The molecule has 0 bridgehead atoms. The number of rotatable bonds is 2. The van der Waals surface area contributed by atoms with Crippen LogP contribution in [-0.4, -0.2) is 10.9 Å². The van der Waals surface area contributed by atoms with Crippen molar-refractivity contribution in [2.75, 3.05) is 5.32 Å². The first-order valence-corrected chi connectivity index (χ1v) is 6.78. The van der Waals surface area contributed by atoms with Crippen molar-refractivity contribution in [1.29, 1.82) is 0 Å². The fourth-order valence-electron chi connectivity index (χ4n) is 1.96. The van der Waals surface area contributed by atoms with E-state index in [1.807, 2.05) is 42.5 Å². The topological polar surface area (TPSA) is 42.0 Å². The Morgan fingerprint density at radius 2 is 1.84 bits per heavy atom. The Morgan fingerprint density at radius 1 is 1.11 bits per heavy atom. The highest BCUT2D eigenvalue weighted by molar-refractivity contribution is 7.21. The van der Waals surface area contributed by atoms with Gasteiger partial charge in [0.2, 0.25) is 5.91 Å². The molecule has 3 rings (SSSR count). The fourth-order valence-corrected chi connectivity index (χ4v) is 2.96. The Bertz CT molecular complexity index is 715. The minimum Gasteiger partial charge on any atom is -0.326 e. The van der Waals surface area contributed by atoms with Crippen LogP contribution in [0.25, 0.3) is 20.8 Å². The van der Waals surface area contributed by atoms with Crippen LogP contribution in [0.3, 0.4) is 0 Å². The van der Waals surface area contributed by atoms with Gasteiger partial charge in [0.05, 0.1) is 15.9 Å². The number of anilines is 1. The molecular weight excluding hydrogens is 256 g/mol. The Morgan fingerprint density at radius 3 is 2.63 bits per heavy atom. The lowest BCUT2D eigenvalue weighted by molar-refractivity contribution is -0.114. The summed E-state index contributed by atoms with van der Waals surface area (Å²) in [6.45, 7) is 1.51. The van der Waals surface area contributed by atoms with E-state index >= 15 is 0 Å². The first-order valence-electron chi connectivity index (χ1n) is 5.96. The van der Waals surface area contributed by atoms with Crippen LogP contribution in [0, 0.1) is 0 Å². The molecule has 0 atom stereocenters. The smallest absolute Gasteiger partial charge is 0.221 e. The van der Waals surface area contributed by atoms with E-state index in [9.17, 15) is 4.79 Å². The number of carbonyl (C=O) groups is 1. The summed E-state index contributed by atoms with van der Waals surface area (Å²) in [4.78, 5) is 15.9. The molecule has 2 aromatic carbocycles. The van der Waals surface area contributed by atoms with Crippen molar-refractivity contribution in [3.63, 3.8) is 0 Å². The third kappa shape index (κ3) is 2.35. The van der Waals surface area contributed by atoms with Gasteiger partial charge in [0.15, 0.2) is 0 Å². The maximum absolute atomic E-state index is 11.2. The van der Waals surface area contributed by atoms with Gasteiger partial charge in [0.1, 0.15) is 5.01 Å². The summed E-state index contributed by atoms with van der Waals surface area (Å²) >= 11 is 1.63. The largest absolute Gasteiger partial charge is 0.326 e. The summed E-state index contributed by atoms with van der Waals surface area (Å²) in [6, 6.07) is 15.8. The normalized spacial score (nSPS) is 10.6. The summed E-state index contributed by atoms with van der Waals surface area (Å²) < 4.78 is 1.15. The summed E-state index contributed by atoms with van der Waals surface area (Å²) in [7, 11) is 0. The molecule has 1 amide bonds. The van der Waals surface area contributed by atoms with E-state index < -0.39 is 0 Å². The van der Waals surface area contributed by atoms with E-state index in [1.54, 1.807) is 11.3 Å². The maximum atomic E-state index is 11.2. The number of nitrogens with zero attached hydrogens (tertiary/aromatic N) is 1. The molecule has 0 spiro atoms. The first-order chi connectivity index (χ1) is 9.24. The highest BCUT2D eigenvalue weighted by Gasteiger charge is 2.10. The fraction of sp³-hybridized carbons (Fsp3) is 0.0667. The molecule has 19 heavy (non-hydrogen) atoms. The molecule has 3 aromatic rings. The van der Waals surface area contributed by atoms with Crippen LogP contribution in [-0.2, 0) is 4.79 Å². The molecule has 0 unspecified atom stereocenters. The molecule has 0 saturated heterocycles.